The van der Waals surface area contributed by atoms with Crippen molar-refractivity contribution in [3.8, 4) is 39.7 Å². The Kier molecular flexibility index (Phi) is 4.39. The van der Waals surface area contributed by atoms with Crippen LogP contribution >= 0.6 is 0 Å². The van der Waals surface area contributed by atoms with Gasteiger partial charge in [-0.15, -0.1) is 0 Å². The average Bonchev–Trinajstić information content (AvgIpc) is 2.74. The number of benzene rings is 1. The van der Waals surface area contributed by atoms with Crippen LogP contribution in [0.25, 0.3) is 33.9 Å². The summed E-state index contributed by atoms with van der Waals surface area (Å²) in [6.45, 7) is 0. The number of ether oxygens (including phenoxy) is 1. The summed E-state index contributed by atoms with van der Waals surface area (Å²) in [5.74, 6) is 0.817. The molecule has 4 nitrogen and oxygen atoms in total. The fraction of sp³-hybridized carbons (Fsp3) is 0.0455. The lowest BCUT2D eigenvalue weighted by molar-refractivity contribution is 0.416. The van der Waals surface area contributed by atoms with Gasteiger partial charge in [0.15, 0.2) is 0 Å². The number of para-hydroxylation sites is 1. The summed E-state index contributed by atoms with van der Waals surface area (Å²) in [4.78, 5) is 13.7. The predicted octanol–water partition coefficient (Wildman–Crippen LogP) is 4.88. The smallest absolute Gasteiger partial charge is 0.126 e. The van der Waals surface area contributed by atoms with Gasteiger partial charge in [0.25, 0.3) is 0 Å². The normalized spacial score (nSPS) is 10.5. The van der Waals surface area contributed by atoms with E-state index in [1.165, 1.54) is 0 Å². The van der Waals surface area contributed by atoms with Gasteiger partial charge in [-0.25, -0.2) is 4.98 Å². The topological polar surface area (TPSA) is 47.9 Å². The fourth-order valence-corrected chi connectivity index (χ4v) is 2.86. The standard InChI is InChI=1S/C22H17N3O/c1-26-22-11-3-2-8-17(22)16-14-20(18-9-4-6-12-23-18)25-21(15-16)19-10-5-7-13-24-19/h2-15H,1H3. The highest BCUT2D eigenvalue weighted by Crippen LogP contribution is 2.33. The Hall–Kier alpha value is -3.53. The van der Waals surface area contributed by atoms with Crippen LogP contribution in [-0.4, -0.2) is 22.1 Å². The van der Waals surface area contributed by atoms with Gasteiger partial charge in [-0.3, -0.25) is 9.97 Å². The van der Waals surface area contributed by atoms with Crippen molar-refractivity contribution in [2.24, 2.45) is 0 Å². The maximum absolute atomic E-state index is 5.54. The Labute approximate surface area is 152 Å². The number of nitrogens with zero attached hydrogens (tertiary/aromatic N) is 3. The molecule has 0 N–H and O–H groups in total. The zero-order valence-corrected chi connectivity index (χ0v) is 14.3. The molecule has 26 heavy (non-hydrogen) atoms. The van der Waals surface area contributed by atoms with E-state index in [9.17, 15) is 0 Å². The maximum Gasteiger partial charge on any atom is 0.126 e. The SMILES string of the molecule is COc1ccccc1-c1cc(-c2ccccn2)nc(-c2ccccn2)c1. The Morgan fingerprint density at radius 1 is 0.654 bits per heavy atom. The maximum atomic E-state index is 5.54. The van der Waals surface area contributed by atoms with Crippen molar-refractivity contribution in [1.29, 1.82) is 0 Å². The van der Waals surface area contributed by atoms with Gasteiger partial charge in [-0.1, -0.05) is 30.3 Å². The van der Waals surface area contributed by atoms with E-state index >= 15 is 0 Å². The molecule has 0 aliphatic heterocycles. The third-order valence-electron chi connectivity index (χ3n) is 4.10. The number of hydrogen-bond donors (Lipinski definition) is 0. The molecule has 0 unspecified atom stereocenters. The van der Waals surface area contributed by atoms with Crippen molar-refractivity contribution in [3.63, 3.8) is 0 Å². The molecule has 0 aliphatic carbocycles. The predicted molar refractivity (Wildman–Crippen MR) is 103 cm³/mol. The van der Waals surface area contributed by atoms with Crippen LogP contribution in [0.15, 0.2) is 85.2 Å². The van der Waals surface area contributed by atoms with Crippen molar-refractivity contribution in [2.45, 2.75) is 0 Å². The summed E-state index contributed by atoms with van der Waals surface area (Å²) in [6.07, 6.45) is 3.54. The number of pyridine rings is 3. The van der Waals surface area contributed by atoms with Gasteiger partial charge in [-0.05, 0) is 48.0 Å². The van der Waals surface area contributed by atoms with Crippen molar-refractivity contribution >= 4 is 0 Å². The van der Waals surface area contributed by atoms with Crippen LogP contribution in [0.1, 0.15) is 0 Å². The van der Waals surface area contributed by atoms with E-state index in [-0.39, 0.29) is 0 Å². The second kappa shape index (κ2) is 7.15. The highest BCUT2D eigenvalue weighted by Gasteiger charge is 2.12. The molecule has 0 atom stereocenters. The lowest BCUT2D eigenvalue weighted by Gasteiger charge is -2.12. The minimum atomic E-state index is 0.801. The van der Waals surface area contributed by atoms with Crippen molar-refractivity contribution in [3.05, 3.63) is 85.2 Å². The molecule has 4 aromatic rings. The van der Waals surface area contributed by atoms with Crippen LogP contribution < -0.4 is 4.74 Å². The van der Waals surface area contributed by atoms with Crippen LogP contribution in [0.2, 0.25) is 0 Å². The molecule has 0 saturated heterocycles. The largest absolute Gasteiger partial charge is 0.496 e. The molecule has 0 aliphatic rings. The molecule has 3 aromatic heterocycles. The Morgan fingerprint density at radius 3 is 1.77 bits per heavy atom. The molecular formula is C22H17N3O. The minimum Gasteiger partial charge on any atom is -0.496 e. The number of aromatic nitrogens is 3. The fourth-order valence-electron chi connectivity index (χ4n) is 2.86. The van der Waals surface area contributed by atoms with Crippen LogP contribution in [0.3, 0.4) is 0 Å². The molecule has 0 amide bonds. The van der Waals surface area contributed by atoms with Gasteiger partial charge in [0.1, 0.15) is 5.75 Å². The quantitative estimate of drug-likeness (QED) is 0.531. The van der Waals surface area contributed by atoms with E-state index in [0.717, 1.165) is 39.7 Å². The molecule has 0 spiro atoms. The number of methoxy groups -OCH3 is 1. The van der Waals surface area contributed by atoms with E-state index in [4.69, 9.17) is 9.72 Å². The lowest BCUT2D eigenvalue weighted by atomic mass is 10.0. The Morgan fingerprint density at radius 2 is 1.23 bits per heavy atom. The zero-order chi connectivity index (χ0) is 17.8. The molecule has 0 radical (unpaired) electrons. The summed E-state index contributed by atoms with van der Waals surface area (Å²) in [5.41, 5.74) is 5.26. The molecule has 0 fully saturated rings. The third-order valence-corrected chi connectivity index (χ3v) is 4.10. The molecule has 0 saturated carbocycles. The van der Waals surface area contributed by atoms with Crippen molar-refractivity contribution in [2.75, 3.05) is 7.11 Å². The number of hydrogen-bond acceptors (Lipinski definition) is 4. The van der Waals surface area contributed by atoms with E-state index < -0.39 is 0 Å². The third kappa shape index (κ3) is 3.17. The summed E-state index contributed by atoms with van der Waals surface area (Å²) < 4.78 is 5.54. The first-order valence-electron chi connectivity index (χ1n) is 8.33. The minimum absolute atomic E-state index is 0.801. The monoisotopic (exact) mass is 339 g/mol. The van der Waals surface area contributed by atoms with Crippen molar-refractivity contribution in [1.82, 2.24) is 15.0 Å². The Balaban J connectivity index is 1.94. The first kappa shape index (κ1) is 16.0. The molecule has 3 heterocycles. The molecule has 126 valence electrons. The first-order chi connectivity index (χ1) is 12.8. The number of rotatable bonds is 4. The van der Waals surface area contributed by atoms with E-state index in [2.05, 4.69) is 9.97 Å². The van der Waals surface area contributed by atoms with Crippen LogP contribution in [0.4, 0.5) is 0 Å². The Bertz CT molecular complexity index is 960. The first-order valence-corrected chi connectivity index (χ1v) is 8.33. The second-order valence-corrected chi connectivity index (χ2v) is 5.76. The van der Waals surface area contributed by atoms with Gasteiger partial charge >= 0.3 is 0 Å². The van der Waals surface area contributed by atoms with Gasteiger partial charge in [0, 0.05) is 18.0 Å². The van der Waals surface area contributed by atoms with Gasteiger partial charge in [-0.2, -0.15) is 0 Å². The highest BCUT2D eigenvalue weighted by atomic mass is 16.5. The molecule has 4 rings (SSSR count). The molecule has 4 heteroatoms. The van der Waals surface area contributed by atoms with E-state index in [0.29, 0.717) is 0 Å². The van der Waals surface area contributed by atoms with E-state index in [1.54, 1.807) is 19.5 Å². The molecular weight excluding hydrogens is 322 g/mol. The van der Waals surface area contributed by atoms with Gasteiger partial charge < -0.3 is 4.74 Å². The highest BCUT2D eigenvalue weighted by molar-refractivity contribution is 5.77. The molecule has 0 bridgehead atoms. The van der Waals surface area contributed by atoms with Crippen LogP contribution in [-0.2, 0) is 0 Å². The zero-order valence-electron chi connectivity index (χ0n) is 14.3. The van der Waals surface area contributed by atoms with Crippen molar-refractivity contribution < 1.29 is 4.74 Å². The van der Waals surface area contributed by atoms with Gasteiger partial charge in [0.2, 0.25) is 0 Å². The lowest BCUT2D eigenvalue weighted by Crippen LogP contribution is -1.95. The summed E-state index contributed by atoms with van der Waals surface area (Å²) in [5, 5.41) is 0. The summed E-state index contributed by atoms with van der Waals surface area (Å²) in [6, 6.07) is 23.6. The van der Waals surface area contributed by atoms with Crippen LogP contribution in [0.5, 0.6) is 5.75 Å². The molecule has 1 aromatic carbocycles. The van der Waals surface area contributed by atoms with Crippen LogP contribution in [0, 0.1) is 0 Å². The van der Waals surface area contributed by atoms with E-state index in [1.807, 2.05) is 72.8 Å². The average molecular weight is 339 g/mol. The summed E-state index contributed by atoms with van der Waals surface area (Å²) >= 11 is 0. The second-order valence-electron chi connectivity index (χ2n) is 5.76. The van der Waals surface area contributed by atoms with Gasteiger partial charge in [0.05, 0.1) is 29.9 Å². The summed E-state index contributed by atoms with van der Waals surface area (Å²) in [7, 11) is 1.68.